The number of aromatic nitrogens is 2. The molecular weight excluding hydrogens is 266 g/mol. The van der Waals surface area contributed by atoms with Crippen LogP contribution in [0.15, 0.2) is 17.1 Å². The fourth-order valence-corrected chi connectivity index (χ4v) is 2.39. The summed E-state index contributed by atoms with van der Waals surface area (Å²) in [4.78, 5) is 15.6. The highest BCUT2D eigenvalue weighted by atomic mass is 16.6. The van der Waals surface area contributed by atoms with E-state index < -0.39 is 18.0 Å². The number of hydrogen-bond donors (Lipinski definition) is 1. The lowest BCUT2D eigenvalue weighted by atomic mass is 10.1. The van der Waals surface area contributed by atoms with Crippen molar-refractivity contribution in [2.45, 2.75) is 24.5 Å². The molecule has 4 unspecified atom stereocenters. The van der Waals surface area contributed by atoms with Crippen molar-refractivity contribution >= 4 is 5.82 Å². The van der Waals surface area contributed by atoms with Crippen LogP contribution in [0.1, 0.15) is 6.23 Å². The second kappa shape index (κ2) is 6.31. The van der Waals surface area contributed by atoms with Crippen molar-refractivity contribution in [2.75, 3.05) is 33.7 Å². The number of nitrogens with two attached hydrogens (primary N) is 1. The molecule has 0 bridgehead atoms. The summed E-state index contributed by atoms with van der Waals surface area (Å²) in [5.41, 5.74) is 4.99. The van der Waals surface area contributed by atoms with Crippen molar-refractivity contribution in [3.8, 4) is 0 Å². The first-order chi connectivity index (χ1) is 9.62. The molecule has 0 aliphatic carbocycles. The van der Waals surface area contributed by atoms with E-state index in [9.17, 15) is 4.79 Å². The number of nitrogens with zero attached hydrogens (tertiary/aromatic N) is 2. The van der Waals surface area contributed by atoms with Gasteiger partial charge >= 0.3 is 5.69 Å². The van der Waals surface area contributed by atoms with Gasteiger partial charge in [0.25, 0.3) is 0 Å². The van der Waals surface area contributed by atoms with Gasteiger partial charge in [-0.1, -0.05) is 0 Å². The molecular formula is C12H19N3O5. The minimum absolute atomic E-state index is 0.162. The van der Waals surface area contributed by atoms with Gasteiger partial charge in [0.2, 0.25) is 0 Å². The Hall–Kier alpha value is -1.48. The van der Waals surface area contributed by atoms with Crippen LogP contribution in [0.2, 0.25) is 0 Å². The molecule has 2 rings (SSSR count). The highest BCUT2D eigenvalue weighted by Gasteiger charge is 2.46. The minimum atomic E-state index is -0.634. The van der Waals surface area contributed by atoms with Crippen molar-refractivity contribution in [3.05, 3.63) is 22.7 Å². The molecule has 0 amide bonds. The Labute approximate surface area is 116 Å². The second-order valence-electron chi connectivity index (χ2n) is 4.46. The molecule has 112 valence electrons. The quantitative estimate of drug-likeness (QED) is 0.771. The number of hydrogen-bond acceptors (Lipinski definition) is 7. The third-order valence-corrected chi connectivity index (χ3v) is 3.29. The molecule has 2 N–H and O–H groups in total. The molecule has 0 spiro atoms. The van der Waals surface area contributed by atoms with Gasteiger partial charge in [-0.25, -0.2) is 4.79 Å². The summed E-state index contributed by atoms with van der Waals surface area (Å²) in [6.07, 6.45) is -0.212. The van der Waals surface area contributed by atoms with Crippen LogP contribution in [0.5, 0.6) is 0 Å². The molecule has 1 aromatic rings. The van der Waals surface area contributed by atoms with Crippen LogP contribution in [-0.2, 0) is 18.9 Å². The lowest BCUT2D eigenvalue weighted by molar-refractivity contribution is -0.0672. The number of methoxy groups -OCH3 is 3. The van der Waals surface area contributed by atoms with E-state index >= 15 is 0 Å². The number of nitrogen functional groups attached to an aromatic ring is 1. The maximum absolute atomic E-state index is 11.9. The molecule has 0 aromatic carbocycles. The molecule has 20 heavy (non-hydrogen) atoms. The Balaban J connectivity index is 2.32. The molecule has 0 radical (unpaired) electrons. The second-order valence-corrected chi connectivity index (χ2v) is 4.46. The van der Waals surface area contributed by atoms with Crippen molar-refractivity contribution in [2.24, 2.45) is 0 Å². The maximum Gasteiger partial charge on any atom is 0.351 e. The van der Waals surface area contributed by atoms with Gasteiger partial charge in [-0.3, -0.25) is 4.57 Å². The molecule has 1 aliphatic rings. The lowest BCUT2D eigenvalue weighted by Crippen LogP contribution is -2.38. The van der Waals surface area contributed by atoms with E-state index in [0.29, 0.717) is 6.61 Å². The average Bonchev–Trinajstić information content (AvgIpc) is 2.76. The standard InChI is InChI=1S/C12H19N3O5/c1-17-6-7-9(18-2)10(19-3)11(20-7)15-5-4-8(13)14-12(15)16/h4-5,7,9-11H,6H2,1-3H3,(H2,13,14,16). The largest absolute Gasteiger partial charge is 0.383 e. The smallest absolute Gasteiger partial charge is 0.351 e. The maximum atomic E-state index is 11.9. The fourth-order valence-electron chi connectivity index (χ4n) is 2.39. The van der Waals surface area contributed by atoms with E-state index in [0.717, 1.165) is 0 Å². The Morgan fingerprint density at radius 3 is 2.60 bits per heavy atom. The fraction of sp³-hybridized carbons (Fsp3) is 0.667. The summed E-state index contributed by atoms with van der Waals surface area (Å²) in [5, 5.41) is 0. The van der Waals surface area contributed by atoms with E-state index in [1.54, 1.807) is 14.2 Å². The predicted molar refractivity (Wildman–Crippen MR) is 70.3 cm³/mol. The number of ether oxygens (including phenoxy) is 4. The van der Waals surface area contributed by atoms with Gasteiger partial charge in [-0.15, -0.1) is 0 Å². The summed E-state index contributed by atoms with van der Waals surface area (Å²) < 4.78 is 23.1. The van der Waals surface area contributed by atoms with E-state index in [2.05, 4.69) is 4.98 Å². The zero-order valence-electron chi connectivity index (χ0n) is 11.7. The van der Waals surface area contributed by atoms with E-state index in [4.69, 9.17) is 24.7 Å². The van der Waals surface area contributed by atoms with Crippen molar-refractivity contribution in [3.63, 3.8) is 0 Å². The summed E-state index contributed by atoms with van der Waals surface area (Å²) >= 11 is 0. The van der Waals surface area contributed by atoms with Crippen LogP contribution < -0.4 is 11.4 Å². The highest BCUT2D eigenvalue weighted by molar-refractivity contribution is 5.23. The summed E-state index contributed by atoms with van der Waals surface area (Å²) in [5.74, 6) is 0.162. The Morgan fingerprint density at radius 1 is 1.35 bits per heavy atom. The number of anilines is 1. The Bertz CT molecular complexity index is 506. The van der Waals surface area contributed by atoms with Gasteiger partial charge in [0.15, 0.2) is 6.23 Å². The molecule has 1 saturated heterocycles. The predicted octanol–water partition coefficient (Wildman–Crippen LogP) is -0.601. The monoisotopic (exact) mass is 285 g/mol. The zero-order chi connectivity index (χ0) is 14.7. The van der Waals surface area contributed by atoms with Crippen LogP contribution in [-0.4, -0.2) is 55.8 Å². The van der Waals surface area contributed by atoms with E-state index in [1.165, 1.54) is 23.9 Å². The molecule has 1 aromatic heterocycles. The zero-order valence-corrected chi connectivity index (χ0v) is 11.7. The first-order valence-corrected chi connectivity index (χ1v) is 6.17. The summed E-state index contributed by atoms with van der Waals surface area (Å²) in [7, 11) is 4.68. The Kier molecular flexibility index (Phi) is 4.71. The SMILES string of the molecule is COCC1OC(n2ccc(N)nc2=O)C(OC)C1OC. The summed E-state index contributed by atoms with van der Waals surface area (Å²) in [6.45, 7) is 0.339. The molecule has 1 aliphatic heterocycles. The van der Waals surface area contributed by atoms with Crippen molar-refractivity contribution < 1.29 is 18.9 Å². The van der Waals surface area contributed by atoms with Crippen molar-refractivity contribution in [1.29, 1.82) is 0 Å². The third kappa shape index (κ3) is 2.68. The van der Waals surface area contributed by atoms with Crippen LogP contribution in [0.25, 0.3) is 0 Å². The van der Waals surface area contributed by atoms with Gasteiger partial charge in [0.1, 0.15) is 24.1 Å². The van der Waals surface area contributed by atoms with Gasteiger partial charge in [-0.2, -0.15) is 4.98 Å². The van der Waals surface area contributed by atoms with Gasteiger partial charge < -0.3 is 24.7 Å². The average molecular weight is 285 g/mol. The summed E-state index contributed by atoms with van der Waals surface area (Å²) in [6, 6.07) is 1.53. The molecule has 8 nitrogen and oxygen atoms in total. The van der Waals surface area contributed by atoms with Gasteiger partial charge in [0, 0.05) is 27.5 Å². The first-order valence-electron chi connectivity index (χ1n) is 6.17. The Morgan fingerprint density at radius 2 is 2.05 bits per heavy atom. The normalized spacial score (nSPS) is 29.8. The van der Waals surface area contributed by atoms with Gasteiger partial charge in [0.05, 0.1) is 6.61 Å². The topological polar surface area (TPSA) is 97.8 Å². The van der Waals surface area contributed by atoms with Crippen LogP contribution >= 0.6 is 0 Å². The van der Waals surface area contributed by atoms with Gasteiger partial charge in [-0.05, 0) is 6.07 Å². The molecule has 1 fully saturated rings. The first kappa shape index (κ1) is 14.9. The third-order valence-electron chi connectivity index (χ3n) is 3.29. The van der Waals surface area contributed by atoms with Crippen LogP contribution in [0.4, 0.5) is 5.82 Å². The molecule has 8 heteroatoms. The minimum Gasteiger partial charge on any atom is -0.383 e. The lowest BCUT2D eigenvalue weighted by Gasteiger charge is -2.22. The molecule has 2 heterocycles. The highest BCUT2D eigenvalue weighted by Crippen LogP contribution is 2.32. The molecule has 0 saturated carbocycles. The molecule has 4 atom stereocenters. The van der Waals surface area contributed by atoms with Crippen LogP contribution in [0, 0.1) is 0 Å². The van der Waals surface area contributed by atoms with Crippen molar-refractivity contribution in [1.82, 2.24) is 9.55 Å². The number of rotatable bonds is 5. The van der Waals surface area contributed by atoms with E-state index in [1.807, 2.05) is 0 Å². The van der Waals surface area contributed by atoms with Crippen LogP contribution in [0.3, 0.4) is 0 Å². The van der Waals surface area contributed by atoms with E-state index in [-0.39, 0.29) is 18.0 Å².